The summed E-state index contributed by atoms with van der Waals surface area (Å²) in [6.07, 6.45) is -0.193. The van der Waals surface area contributed by atoms with Crippen molar-refractivity contribution in [3.63, 3.8) is 0 Å². The lowest BCUT2D eigenvalue weighted by molar-refractivity contribution is -0.136. The van der Waals surface area contributed by atoms with Crippen LogP contribution in [0.4, 0.5) is 0 Å². The number of benzene rings is 1. The van der Waals surface area contributed by atoms with E-state index >= 15 is 0 Å². The Labute approximate surface area is 85.2 Å². The van der Waals surface area contributed by atoms with Crippen molar-refractivity contribution in [3.8, 4) is 5.69 Å². The summed E-state index contributed by atoms with van der Waals surface area (Å²) in [6, 6.07) is 9.15. The number of aliphatic carboxylic acids is 1. The van der Waals surface area contributed by atoms with Gasteiger partial charge in [-0.1, -0.05) is 18.2 Å². The highest BCUT2D eigenvalue weighted by molar-refractivity contribution is 5.69. The van der Waals surface area contributed by atoms with Gasteiger partial charge in [0.25, 0.3) is 0 Å². The van der Waals surface area contributed by atoms with Gasteiger partial charge in [0.05, 0.1) is 5.69 Å². The largest absolute Gasteiger partial charge is 0.481 e. The van der Waals surface area contributed by atoms with Crippen LogP contribution in [0.15, 0.2) is 30.3 Å². The van der Waals surface area contributed by atoms with Crippen molar-refractivity contribution in [2.75, 3.05) is 0 Å². The van der Waals surface area contributed by atoms with E-state index < -0.39 is 5.97 Å². The highest BCUT2D eigenvalue weighted by Gasteiger charge is 2.10. The molecule has 0 radical (unpaired) electrons. The minimum atomic E-state index is -0.956. The Hall–Kier alpha value is -2.24. The van der Waals surface area contributed by atoms with E-state index in [-0.39, 0.29) is 6.42 Å². The maximum Gasteiger partial charge on any atom is 0.311 e. The average molecular weight is 204 g/mol. The molecule has 0 spiro atoms. The van der Waals surface area contributed by atoms with E-state index in [4.69, 9.17) is 5.11 Å². The molecule has 0 amide bonds. The summed E-state index contributed by atoms with van der Waals surface area (Å²) in [7, 11) is 0. The topological polar surface area (TPSA) is 80.9 Å². The summed E-state index contributed by atoms with van der Waals surface area (Å²) in [5.41, 5.74) is 0.749. The monoisotopic (exact) mass is 204 g/mol. The maximum atomic E-state index is 10.5. The maximum absolute atomic E-state index is 10.5. The van der Waals surface area contributed by atoms with Gasteiger partial charge in [-0.05, 0) is 22.6 Å². The average Bonchev–Trinajstić information content (AvgIpc) is 2.66. The molecule has 2 aromatic rings. The zero-order chi connectivity index (χ0) is 10.7. The molecule has 0 aliphatic rings. The molecule has 15 heavy (non-hydrogen) atoms. The Morgan fingerprint density at radius 2 is 2.07 bits per heavy atom. The molecule has 1 heterocycles. The van der Waals surface area contributed by atoms with E-state index in [0.29, 0.717) is 5.82 Å². The molecular weight excluding hydrogens is 196 g/mol. The van der Waals surface area contributed by atoms with Gasteiger partial charge in [0.1, 0.15) is 6.42 Å². The second kappa shape index (κ2) is 3.87. The highest BCUT2D eigenvalue weighted by Crippen LogP contribution is 2.06. The van der Waals surface area contributed by atoms with Crippen molar-refractivity contribution in [3.05, 3.63) is 36.2 Å². The Morgan fingerprint density at radius 3 is 2.73 bits per heavy atom. The number of para-hydroxylation sites is 1. The Bertz CT molecular complexity index is 466. The molecule has 6 heteroatoms. The Morgan fingerprint density at radius 1 is 1.33 bits per heavy atom. The number of carboxylic acids is 1. The second-order valence-corrected chi connectivity index (χ2v) is 2.91. The molecule has 1 aromatic heterocycles. The summed E-state index contributed by atoms with van der Waals surface area (Å²) in [5, 5.41) is 19.5. The van der Waals surface area contributed by atoms with Crippen LogP contribution in [-0.4, -0.2) is 31.3 Å². The van der Waals surface area contributed by atoms with Crippen molar-refractivity contribution in [2.45, 2.75) is 6.42 Å². The first-order valence-electron chi connectivity index (χ1n) is 4.32. The molecule has 0 fully saturated rings. The number of aromatic nitrogens is 4. The molecule has 0 aliphatic heterocycles. The van der Waals surface area contributed by atoms with Gasteiger partial charge in [0.2, 0.25) is 0 Å². The second-order valence-electron chi connectivity index (χ2n) is 2.91. The summed E-state index contributed by atoms with van der Waals surface area (Å²) in [5.74, 6) is -0.643. The van der Waals surface area contributed by atoms with Crippen molar-refractivity contribution in [1.82, 2.24) is 20.2 Å². The first kappa shape index (κ1) is 9.32. The van der Waals surface area contributed by atoms with E-state index in [9.17, 15) is 4.79 Å². The summed E-state index contributed by atoms with van der Waals surface area (Å²) in [6.45, 7) is 0. The van der Waals surface area contributed by atoms with Crippen molar-refractivity contribution < 1.29 is 9.90 Å². The quantitative estimate of drug-likeness (QED) is 0.777. The molecule has 0 saturated heterocycles. The van der Waals surface area contributed by atoms with E-state index in [1.54, 1.807) is 0 Å². The zero-order valence-corrected chi connectivity index (χ0v) is 7.74. The minimum Gasteiger partial charge on any atom is -0.481 e. The van der Waals surface area contributed by atoms with Crippen LogP contribution in [0.2, 0.25) is 0 Å². The number of carboxylic acid groups (broad SMARTS) is 1. The van der Waals surface area contributed by atoms with Gasteiger partial charge in [-0.3, -0.25) is 4.79 Å². The van der Waals surface area contributed by atoms with Gasteiger partial charge in [-0.25, -0.2) is 0 Å². The molecule has 0 unspecified atom stereocenters. The normalized spacial score (nSPS) is 10.1. The molecule has 2 rings (SSSR count). The molecule has 6 nitrogen and oxygen atoms in total. The van der Waals surface area contributed by atoms with Crippen LogP contribution in [-0.2, 0) is 11.2 Å². The number of hydrogen-bond donors (Lipinski definition) is 1. The van der Waals surface area contributed by atoms with Crippen LogP contribution in [0.3, 0.4) is 0 Å². The third kappa shape index (κ3) is 1.98. The number of rotatable bonds is 3. The zero-order valence-electron chi connectivity index (χ0n) is 7.74. The summed E-state index contributed by atoms with van der Waals surface area (Å²) < 4.78 is 1.41. The fourth-order valence-corrected chi connectivity index (χ4v) is 1.22. The minimum absolute atomic E-state index is 0.193. The lowest BCUT2D eigenvalue weighted by atomic mass is 10.3. The molecule has 76 valence electrons. The summed E-state index contributed by atoms with van der Waals surface area (Å²) >= 11 is 0. The van der Waals surface area contributed by atoms with Gasteiger partial charge in [0.15, 0.2) is 5.82 Å². The van der Waals surface area contributed by atoms with Crippen molar-refractivity contribution >= 4 is 5.97 Å². The lowest BCUT2D eigenvalue weighted by Crippen LogP contribution is -2.08. The molecule has 0 bridgehead atoms. The highest BCUT2D eigenvalue weighted by atomic mass is 16.4. The SMILES string of the molecule is O=C(O)Cc1nnnn1-c1ccccc1. The fraction of sp³-hybridized carbons (Fsp3) is 0.111. The molecule has 1 aromatic carbocycles. The van der Waals surface area contributed by atoms with Crippen LogP contribution in [0, 0.1) is 0 Å². The third-order valence-electron chi connectivity index (χ3n) is 1.84. The van der Waals surface area contributed by atoms with E-state index in [0.717, 1.165) is 5.69 Å². The number of hydrogen-bond acceptors (Lipinski definition) is 4. The number of tetrazole rings is 1. The predicted molar refractivity (Wildman–Crippen MR) is 50.5 cm³/mol. The van der Waals surface area contributed by atoms with E-state index in [1.165, 1.54) is 4.68 Å². The van der Waals surface area contributed by atoms with Gasteiger partial charge in [-0.15, -0.1) is 5.10 Å². The molecule has 0 aliphatic carbocycles. The van der Waals surface area contributed by atoms with Gasteiger partial charge >= 0.3 is 5.97 Å². The van der Waals surface area contributed by atoms with E-state index in [1.807, 2.05) is 30.3 Å². The smallest absolute Gasteiger partial charge is 0.311 e. The van der Waals surface area contributed by atoms with Crippen LogP contribution < -0.4 is 0 Å². The summed E-state index contributed by atoms with van der Waals surface area (Å²) in [4.78, 5) is 10.5. The van der Waals surface area contributed by atoms with E-state index in [2.05, 4.69) is 15.5 Å². The molecule has 1 N–H and O–H groups in total. The lowest BCUT2D eigenvalue weighted by Gasteiger charge is -2.01. The van der Waals surface area contributed by atoms with Crippen LogP contribution >= 0.6 is 0 Å². The van der Waals surface area contributed by atoms with Crippen LogP contribution in [0.25, 0.3) is 5.69 Å². The Balaban J connectivity index is 2.37. The van der Waals surface area contributed by atoms with Gasteiger partial charge in [-0.2, -0.15) is 4.68 Å². The fourth-order valence-electron chi connectivity index (χ4n) is 1.22. The standard InChI is InChI=1S/C9H8N4O2/c14-9(15)6-8-10-11-12-13(8)7-4-2-1-3-5-7/h1-5H,6H2,(H,14,15). The number of carbonyl (C=O) groups is 1. The molecule has 0 saturated carbocycles. The van der Waals surface area contributed by atoms with Gasteiger partial charge in [0, 0.05) is 0 Å². The first-order valence-corrected chi connectivity index (χ1v) is 4.32. The van der Waals surface area contributed by atoms with Gasteiger partial charge < -0.3 is 5.11 Å². The molecular formula is C9H8N4O2. The van der Waals surface area contributed by atoms with Crippen LogP contribution in [0.5, 0.6) is 0 Å². The Kier molecular flexibility index (Phi) is 2.40. The van der Waals surface area contributed by atoms with Crippen LogP contribution in [0.1, 0.15) is 5.82 Å². The molecule has 0 atom stereocenters. The predicted octanol–water partition coefficient (Wildman–Crippen LogP) is 0.289. The van der Waals surface area contributed by atoms with Crippen molar-refractivity contribution in [1.29, 1.82) is 0 Å². The van der Waals surface area contributed by atoms with Crippen molar-refractivity contribution in [2.24, 2.45) is 0 Å². The first-order chi connectivity index (χ1) is 7.27. The number of nitrogens with zero attached hydrogens (tertiary/aromatic N) is 4. The third-order valence-corrected chi connectivity index (χ3v) is 1.84.